The third-order valence-electron chi connectivity index (χ3n) is 4.45. The standard InChI is InChI=1S/C18H19ClN2O3S/c19-14-10-13(11-15-17(14)24-8-7-23-15)12-20-3-5-21(6-4-20)18(22)16-2-1-9-25-16/h1-2,9-11H,3-8,12H2. The second-order valence-corrected chi connectivity index (χ2v) is 7.50. The van der Waals surface area contributed by atoms with E-state index in [-0.39, 0.29) is 5.91 Å². The monoisotopic (exact) mass is 378 g/mol. The number of hydrogen-bond donors (Lipinski definition) is 0. The Bertz CT molecular complexity index is 758. The number of fused-ring (bicyclic) bond motifs is 1. The summed E-state index contributed by atoms with van der Waals surface area (Å²) >= 11 is 7.81. The molecule has 0 radical (unpaired) electrons. The fourth-order valence-corrected chi connectivity index (χ4v) is 4.16. The van der Waals surface area contributed by atoms with Crippen LogP contribution >= 0.6 is 22.9 Å². The van der Waals surface area contributed by atoms with Gasteiger partial charge in [-0.3, -0.25) is 9.69 Å². The normalized spacial score (nSPS) is 17.6. The Hall–Kier alpha value is -1.76. The Kier molecular flexibility index (Phi) is 4.83. The molecule has 0 saturated carbocycles. The van der Waals surface area contributed by atoms with Crippen LogP contribution in [0.25, 0.3) is 0 Å². The molecule has 2 aromatic rings. The van der Waals surface area contributed by atoms with Gasteiger partial charge in [0.2, 0.25) is 0 Å². The molecule has 1 aromatic heterocycles. The predicted molar refractivity (Wildman–Crippen MR) is 97.9 cm³/mol. The van der Waals surface area contributed by atoms with Gasteiger partial charge in [0.05, 0.1) is 9.90 Å². The van der Waals surface area contributed by atoms with Gasteiger partial charge >= 0.3 is 0 Å². The number of ether oxygens (including phenoxy) is 2. The average Bonchev–Trinajstić information content (AvgIpc) is 3.16. The van der Waals surface area contributed by atoms with Gasteiger partial charge in [-0.25, -0.2) is 0 Å². The van der Waals surface area contributed by atoms with Crippen LogP contribution in [0.5, 0.6) is 11.5 Å². The molecule has 4 rings (SSSR count). The fraction of sp³-hybridized carbons (Fsp3) is 0.389. The summed E-state index contributed by atoms with van der Waals surface area (Å²) in [6.45, 7) is 5.07. The molecule has 0 aliphatic carbocycles. The number of carbonyl (C=O) groups excluding carboxylic acids is 1. The van der Waals surface area contributed by atoms with E-state index in [0.717, 1.165) is 48.9 Å². The van der Waals surface area contributed by atoms with Crippen LogP contribution in [0.3, 0.4) is 0 Å². The number of rotatable bonds is 3. The van der Waals surface area contributed by atoms with Gasteiger partial charge in [0.1, 0.15) is 13.2 Å². The van der Waals surface area contributed by atoms with Gasteiger partial charge in [0, 0.05) is 32.7 Å². The minimum Gasteiger partial charge on any atom is -0.486 e. The van der Waals surface area contributed by atoms with Crippen molar-refractivity contribution in [2.75, 3.05) is 39.4 Å². The van der Waals surface area contributed by atoms with Crippen LogP contribution < -0.4 is 9.47 Å². The molecule has 0 unspecified atom stereocenters. The minimum absolute atomic E-state index is 0.136. The highest BCUT2D eigenvalue weighted by atomic mass is 35.5. The lowest BCUT2D eigenvalue weighted by Crippen LogP contribution is -2.48. The van der Waals surface area contributed by atoms with Gasteiger partial charge in [-0.05, 0) is 29.1 Å². The number of carbonyl (C=O) groups is 1. The smallest absolute Gasteiger partial charge is 0.264 e. The summed E-state index contributed by atoms with van der Waals surface area (Å²) in [6, 6.07) is 7.75. The number of benzene rings is 1. The summed E-state index contributed by atoms with van der Waals surface area (Å²) in [5, 5.41) is 2.54. The molecule has 0 bridgehead atoms. The zero-order valence-electron chi connectivity index (χ0n) is 13.7. The van der Waals surface area contributed by atoms with Crippen LogP contribution in [0.1, 0.15) is 15.2 Å². The molecule has 2 aliphatic heterocycles. The van der Waals surface area contributed by atoms with Gasteiger partial charge in [-0.1, -0.05) is 17.7 Å². The van der Waals surface area contributed by atoms with Crippen molar-refractivity contribution in [1.29, 1.82) is 0 Å². The zero-order valence-corrected chi connectivity index (χ0v) is 15.3. The van der Waals surface area contributed by atoms with Crippen molar-refractivity contribution in [3.05, 3.63) is 45.1 Å². The predicted octanol–water partition coefficient (Wildman–Crippen LogP) is 3.13. The Labute approximate surface area is 155 Å². The van der Waals surface area contributed by atoms with Crippen LogP contribution in [0.2, 0.25) is 5.02 Å². The summed E-state index contributed by atoms with van der Waals surface area (Å²) < 4.78 is 11.2. The van der Waals surface area contributed by atoms with E-state index in [1.807, 2.05) is 34.5 Å². The van der Waals surface area contributed by atoms with E-state index in [4.69, 9.17) is 21.1 Å². The lowest BCUT2D eigenvalue weighted by Gasteiger charge is -2.34. The van der Waals surface area contributed by atoms with Crippen molar-refractivity contribution in [2.24, 2.45) is 0 Å². The van der Waals surface area contributed by atoms with E-state index < -0.39 is 0 Å². The van der Waals surface area contributed by atoms with Crippen LogP contribution in [0.15, 0.2) is 29.6 Å². The van der Waals surface area contributed by atoms with E-state index in [1.165, 1.54) is 11.3 Å². The first-order valence-corrected chi connectivity index (χ1v) is 9.59. The van der Waals surface area contributed by atoms with Crippen molar-refractivity contribution >= 4 is 28.8 Å². The SMILES string of the molecule is O=C(c1cccs1)N1CCN(Cc2cc(Cl)c3c(c2)OCCO3)CC1. The highest BCUT2D eigenvalue weighted by Gasteiger charge is 2.23. The van der Waals surface area contributed by atoms with E-state index in [1.54, 1.807) is 0 Å². The molecular weight excluding hydrogens is 360 g/mol. The maximum Gasteiger partial charge on any atom is 0.264 e. The average molecular weight is 379 g/mol. The number of piperazine rings is 1. The zero-order chi connectivity index (χ0) is 17.2. The lowest BCUT2D eigenvalue weighted by molar-refractivity contribution is 0.0633. The molecule has 0 N–H and O–H groups in total. The number of hydrogen-bond acceptors (Lipinski definition) is 5. The highest BCUT2D eigenvalue weighted by Crippen LogP contribution is 2.38. The molecule has 25 heavy (non-hydrogen) atoms. The molecule has 7 heteroatoms. The van der Waals surface area contributed by atoms with Gasteiger partial charge in [-0.15, -0.1) is 11.3 Å². The maximum atomic E-state index is 12.4. The quantitative estimate of drug-likeness (QED) is 0.823. The summed E-state index contributed by atoms with van der Waals surface area (Å²) in [5.74, 6) is 1.50. The first-order chi connectivity index (χ1) is 12.2. The molecule has 1 fully saturated rings. The van der Waals surface area contributed by atoms with E-state index in [0.29, 0.717) is 24.0 Å². The van der Waals surface area contributed by atoms with E-state index >= 15 is 0 Å². The third kappa shape index (κ3) is 3.61. The van der Waals surface area contributed by atoms with Crippen LogP contribution in [-0.4, -0.2) is 55.1 Å². The highest BCUT2D eigenvalue weighted by molar-refractivity contribution is 7.12. The van der Waals surface area contributed by atoms with Gasteiger partial charge in [0.25, 0.3) is 5.91 Å². The van der Waals surface area contributed by atoms with Crippen LogP contribution in [-0.2, 0) is 6.54 Å². The molecular formula is C18H19ClN2O3S. The van der Waals surface area contributed by atoms with Crippen molar-refractivity contribution < 1.29 is 14.3 Å². The van der Waals surface area contributed by atoms with Crippen molar-refractivity contribution in [1.82, 2.24) is 9.80 Å². The Morgan fingerprint density at radius 2 is 1.96 bits per heavy atom. The Morgan fingerprint density at radius 1 is 1.16 bits per heavy atom. The first kappa shape index (κ1) is 16.7. The summed E-state index contributed by atoms with van der Waals surface area (Å²) in [6.07, 6.45) is 0. The second-order valence-electron chi connectivity index (χ2n) is 6.15. The van der Waals surface area contributed by atoms with Gasteiger partial charge in [0.15, 0.2) is 11.5 Å². The van der Waals surface area contributed by atoms with Gasteiger partial charge in [-0.2, -0.15) is 0 Å². The van der Waals surface area contributed by atoms with E-state index in [9.17, 15) is 4.79 Å². The summed E-state index contributed by atoms with van der Waals surface area (Å²) in [5.41, 5.74) is 1.10. The molecule has 1 saturated heterocycles. The molecule has 0 atom stereocenters. The number of amides is 1. The third-order valence-corrected chi connectivity index (χ3v) is 5.59. The second kappa shape index (κ2) is 7.23. The number of nitrogens with zero attached hydrogens (tertiary/aromatic N) is 2. The van der Waals surface area contributed by atoms with Gasteiger partial charge < -0.3 is 14.4 Å². The van der Waals surface area contributed by atoms with E-state index in [2.05, 4.69) is 4.90 Å². The number of thiophene rings is 1. The van der Waals surface area contributed by atoms with Crippen LogP contribution in [0, 0.1) is 0 Å². The molecule has 3 heterocycles. The van der Waals surface area contributed by atoms with Crippen molar-refractivity contribution in [3.63, 3.8) is 0 Å². The lowest BCUT2D eigenvalue weighted by atomic mass is 10.1. The summed E-state index contributed by atoms with van der Waals surface area (Å²) in [4.78, 5) is 17.5. The first-order valence-electron chi connectivity index (χ1n) is 8.34. The van der Waals surface area contributed by atoms with Crippen molar-refractivity contribution in [2.45, 2.75) is 6.54 Å². The largest absolute Gasteiger partial charge is 0.486 e. The molecule has 0 spiro atoms. The topological polar surface area (TPSA) is 42.0 Å². The minimum atomic E-state index is 0.136. The molecule has 1 aromatic carbocycles. The maximum absolute atomic E-state index is 12.4. The number of halogens is 1. The molecule has 132 valence electrons. The van der Waals surface area contributed by atoms with Crippen molar-refractivity contribution in [3.8, 4) is 11.5 Å². The fourth-order valence-electron chi connectivity index (χ4n) is 3.18. The van der Waals surface area contributed by atoms with Crippen LogP contribution in [0.4, 0.5) is 0 Å². The summed E-state index contributed by atoms with van der Waals surface area (Å²) in [7, 11) is 0. The molecule has 5 nitrogen and oxygen atoms in total. The molecule has 2 aliphatic rings. The Morgan fingerprint density at radius 3 is 2.72 bits per heavy atom. The Balaban J connectivity index is 1.37. The molecule has 1 amide bonds.